The van der Waals surface area contributed by atoms with Crippen LogP contribution < -0.4 is 0 Å². The average Bonchev–Trinajstić information content (AvgIpc) is 2.17. The van der Waals surface area contributed by atoms with E-state index in [0.717, 1.165) is 52.0 Å². The zero-order valence-corrected chi connectivity index (χ0v) is 49.8. The third-order valence-corrected chi connectivity index (χ3v) is 23.0. The average molecular weight is 1160 g/mol. The van der Waals surface area contributed by atoms with E-state index < -0.39 is 10.0 Å². The summed E-state index contributed by atoms with van der Waals surface area (Å²) in [6, 6.07) is 120. The molecule has 0 bridgehead atoms. The molecule has 0 radical (unpaired) electrons. The Morgan fingerprint density at radius 1 is 0.375 bits per heavy atom. The van der Waals surface area contributed by atoms with Crippen molar-refractivity contribution in [2.75, 3.05) is 0 Å². The Kier molecular flexibility index (Phi) is 12.6. The summed E-state index contributed by atoms with van der Waals surface area (Å²) in [7, 11) is -2.34. The highest BCUT2D eigenvalue weighted by molar-refractivity contribution is 8.34. The van der Waals surface area contributed by atoms with E-state index in [4.69, 9.17) is 0 Å². The fraction of sp³-hybridized carbons (Fsp3) is 0.0238. The van der Waals surface area contributed by atoms with Crippen LogP contribution in [0.4, 0.5) is 0 Å². The Balaban J connectivity index is 0.959. The van der Waals surface area contributed by atoms with Gasteiger partial charge in [0.05, 0.1) is 22.2 Å². The normalized spacial score (nSPS) is 12.5. The van der Waals surface area contributed by atoms with E-state index in [1.165, 1.54) is 112 Å². The summed E-state index contributed by atoms with van der Waals surface area (Å²) in [4.78, 5) is 4.98. The molecule has 3 aromatic heterocycles. The first-order valence-corrected chi connectivity index (χ1v) is 32.7. The second-order valence-electron chi connectivity index (χ2n) is 22.8. The standard InChI is InChI=1S/C84H56N2S2/c1-6-26-57(27-7-1)61-34-22-38-65(52-61)88(64-36-14-5-15-37-64,66-39-23-35-62(53-66)58-28-8-2-9-29-58)67-55-75(59-30-10-3-11-31-59)83(76(56-67)60-32-12-4-13-33-60)86-79-48-20-17-41-69(79)77-54-63(50-51-80(77)86)85-78-47-19-16-40-68(78)71-43-24-44-72(82(71)85)74-46-25-45-73-70-42-18-21-49-81(70)87-84(73)74/h1-12,14-19,21-32,34-47,49-56H,20,48H2. The smallest absolute Gasteiger partial charge is 0.0623 e. The lowest BCUT2D eigenvalue weighted by molar-refractivity contribution is 0.889. The molecule has 0 fully saturated rings. The van der Waals surface area contributed by atoms with Crippen LogP contribution in [0.5, 0.6) is 0 Å². The summed E-state index contributed by atoms with van der Waals surface area (Å²) >= 11 is 1.89. The third-order valence-electron chi connectivity index (χ3n) is 17.9. The van der Waals surface area contributed by atoms with Crippen LogP contribution in [0.2, 0.25) is 0 Å². The Bertz CT molecular complexity index is 5220. The van der Waals surface area contributed by atoms with Gasteiger partial charge in [-0.3, -0.25) is 0 Å². The Morgan fingerprint density at radius 2 is 0.955 bits per heavy atom. The molecule has 88 heavy (non-hydrogen) atoms. The summed E-state index contributed by atoms with van der Waals surface area (Å²) in [6.07, 6.45) is 6.58. The van der Waals surface area contributed by atoms with Crippen molar-refractivity contribution in [3.63, 3.8) is 0 Å². The summed E-state index contributed by atoms with van der Waals surface area (Å²) < 4.78 is 7.79. The third kappa shape index (κ3) is 8.34. The van der Waals surface area contributed by atoms with Crippen molar-refractivity contribution in [2.45, 2.75) is 32.4 Å². The van der Waals surface area contributed by atoms with E-state index >= 15 is 0 Å². The molecule has 1 aliphatic carbocycles. The predicted molar refractivity (Wildman–Crippen MR) is 373 cm³/mol. The van der Waals surface area contributed by atoms with Crippen LogP contribution in [0.15, 0.2) is 329 Å². The largest absolute Gasteiger partial charge is 0.312 e. The summed E-state index contributed by atoms with van der Waals surface area (Å²) in [6.45, 7) is 0. The molecule has 17 rings (SSSR count). The maximum absolute atomic E-state index is 3.71. The van der Waals surface area contributed by atoms with E-state index in [2.05, 4.69) is 331 Å². The summed E-state index contributed by atoms with van der Waals surface area (Å²) in [5.41, 5.74) is 20.0. The van der Waals surface area contributed by atoms with Gasteiger partial charge in [-0.1, -0.05) is 237 Å². The fourth-order valence-electron chi connectivity index (χ4n) is 14.1. The Morgan fingerprint density at radius 3 is 1.67 bits per heavy atom. The zero-order valence-electron chi connectivity index (χ0n) is 48.1. The highest BCUT2D eigenvalue weighted by atomic mass is 32.3. The molecular weight excluding hydrogens is 1100 g/mol. The lowest BCUT2D eigenvalue weighted by Crippen LogP contribution is -2.10. The van der Waals surface area contributed by atoms with Gasteiger partial charge in [0.15, 0.2) is 0 Å². The number of nitrogens with zero attached hydrogens (tertiary/aromatic N) is 2. The van der Waals surface area contributed by atoms with Crippen LogP contribution in [0.1, 0.15) is 17.7 Å². The van der Waals surface area contributed by atoms with E-state index in [9.17, 15) is 0 Å². The molecule has 0 saturated heterocycles. The first-order chi connectivity index (χ1) is 43.7. The number of aromatic nitrogens is 2. The van der Waals surface area contributed by atoms with Crippen molar-refractivity contribution >= 4 is 80.3 Å². The molecule has 16 aromatic rings. The topological polar surface area (TPSA) is 9.86 Å². The van der Waals surface area contributed by atoms with Crippen LogP contribution in [0, 0.1) is 12.1 Å². The number of allylic oxidation sites excluding steroid dienone is 1. The lowest BCUT2D eigenvalue weighted by atomic mass is 9.95. The van der Waals surface area contributed by atoms with Crippen LogP contribution in [0.25, 0.3) is 126 Å². The van der Waals surface area contributed by atoms with Crippen molar-refractivity contribution in [3.8, 4) is 67.0 Å². The second-order valence-corrected chi connectivity index (χ2v) is 27.0. The Labute approximate surface area is 518 Å². The molecule has 0 N–H and O–H groups in total. The number of hydrogen-bond donors (Lipinski definition) is 0. The van der Waals surface area contributed by atoms with Crippen LogP contribution in [-0.2, 0) is 6.42 Å². The molecular formula is C84H56N2S2. The molecule has 0 aliphatic heterocycles. The van der Waals surface area contributed by atoms with Crippen molar-refractivity contribution in [1.29, 1.82) is 0 Å². The van der Waals surface area contributed by atoms with Crippen LogP contribution in [-0.4, -0.2) is 9.13 Å². The number of hydrogen-bond acceptors (Lipinski definition) is 1. The summed E-state index contributed by atoms with van der Waals surface area (Å²) in [5, 5.41) is 6.30. The monoisotopic (exact) mass is 1160 g/mol. The molecule has 0 unspecified atom stereocenters. The summed E-state index contributed by atoms with van der Waals surface area (Å²) in [5.74, 6) is 0. The molecule has 0 saturated carbocycles. The van der Waals surface area contributed by atoms with Gasteiger partial charge in [0.1, 0.15) is 0 Å². The van der Waals surface area contributed by atoms with Gasteiger partial charge in [-0.25, -0.2) is 0 Å². The first-order valence-electron chi connectivity index (χ1n) is 30.3. The highest BCUT2D eigenvalue weighted by Crippen LogP contribution is 2.75. The number of fused-ring (bicyclic) bond motifs is 9. The van der Waals surface area contributed by atoms with Gasteiger partial charge in [-0.15, -0.1) is 21.4 Å². The number of thiophene rings is 1. The maximum Gasteiger partial charge on any atom is 0.0623 e. The van der Waals surface area contributed by atoms with Crippen LogP contribution in [0.3, 0.4) is 0 Å². The van der Waals surface area contributed by atoms with Crippen molar-refractivity contribution in [3.05, 3.63) is 333 Å². The molecule has 0 atom stereocenters. The minimum atomic E-state index is -2.34. The second kappa shape index (κ2) is 21.4. The molecule has 13 aromatic carbocycles. The predicted octanol–water partition coefficient (Wildman–Crippen LogP) is 23.3. The fourth-order valence-corrected chi connectivity index (χ4v) is 19.3. The number of para-hydroxylation sites is 2. The maximum atomic E-state index is 3.71. The lowest BCUT2D eigenvalue weighted by Gasteiger charge is -2.43. The van der Waals surface area contributed by atoms with Gasteiger partial charge in [0, 0.05) is 101 Å². The minimum absolute atomic E-state index is 0.881. The van der Waals surface area contributed by atoms with Crippen molar-refractivity contribution < 1.29 is 0 Å². The molecule has 0 spiro atoms. The van der Waals surface area contributed by atoms with E-state index in [0.29, 0.717) is 0 Å². The van der Waals surface area contributed by atoms with Gasteiger partial charge < -0.3 is 9.13 Å². The molecule has 414 valence electrons. The minimum Gasteiger partial charge on any atom is -0.312 e. The van der Waals surface area contributed by atoms with Crippen LogP contribution >= 0.6 is 21.4 Å². The highest BCUT2D eigenvalue weighted by Gasteiger charge is 2.37. The molecule has 2 nitrogen and oxygen atoms in total. The molecule has 3 heterocycles. The van der Waals surface area contributed by atoms with Gasteiger partial charge in [-0.05, 0) is 132 Å². The van der Waals surface area contributed by atoms with E-state index in [1.807, 2.05) is 17.4 Å². The zero-order chi connectivity index (χ0) is 58.1. The quantitative estimate of drug-likeness (QED) is 0.122. The van der Waals surface area contributed by atoms with E-state index in [1.54, 1.807) is 0 Å². The van der Waals surface area contributed by atoms with Gasteiger partial charge >= 0.3 is 0 Å². The van der Waals surface area contributed by atoms with E-state index in [-0.39, 0.29) is 0 Å². The van der Waals surface area contributed by atoms with Gasteiger partial charge in [0.2, 0.25) is 0 Å². The molecule has 4 heteroatoms. The molecule has 0 amide bonds. The van der Waals surface area contributed by atoms with Crippen molar-refractivity contribution in [1.82, 2.24) is 9.13 Å². The van der Waals surface area contributed by atoms with Crippen molar-refractivity contribution in [2.24, 2.45) is 0 Å². The number of rotatable bonds is 11. The molecule has 1 aliphatic rings. The van der Waals surface area contributed by atoms with Gasteiger partial charge in [0.25, 0.3) is 0 Å². The SMILES string of the molecule is c1cccc(-c2cc(S(c3ccccc3)(c3cccc(-c4ccccc4)c3)c3cccc(-c4ccccc4)c3)cc(-c3ccccc3)c2-n2c3c(c4cc(-n5c6ccccc6c6cccc(-c7cccc8c7sc7ccccc78)c65)ccc42)C=CCC3)c#1. The first kappa shape index (κ1) is 51.7. The van der Waals surface area contributed by atoms with Gasteiger partial charge in [-0.2, -0.15) is 0 Å². The number of benzene rings is 12. The Hall–Kier alpha value is -10.7.